The number of ether oxygens (including phenoxy) is 3. The fourth-order valence-electron chi connectivity index (χ4n) is 3.58. The lowest BCUT2D eigenvalue weighted by atomic mass is 10.0. The van der Waals surface area contributed by atoms with E-state index in [9.17, 15) is 9.59 Å². The molecule has 0 saturated carbocycles. The number of pyridine rings is 1. The minimum absolute atomic E-state index is 0.267. The number of methoxy groups -OCH3 is 3. The highest BCUT2D eigenvalue weighted by Gasteiger charge is 2.19. The second-order valence-corrected chi connectivity index (χ2v) is 7.13. The van der Waals surface area contributed by atoms with Crippen LogP contribution in [0.2, 0.25) is 0 Å². The Morgan fingerprint density at radius 1 is 0.818 bits per heavy atom. The number of carbonyl (C=O) groups is 2. The lowest BCUT2D eigenvalue weighted by molar-refractivity contribution is 0.0602. The monoisotopic (exact) mass is 442 g/mol. The summed E-state index contributed by atoms with van der Waals surface area (Å²) < 4.78 is 15.6. The van der Waals surface area contributed by atoms with E-state index in [1.54, 1.807) is 56.7 Å². The van der Waals surface area contributed by atoms with Crippen molar-refractivity contribution >= 4 is 28.5 Å². The Morgan fingerprint density at radius 2 is 1.58 bits per heavy atom. The summed E-state index contributed by atoms with van der Waals surface area (Å²) in [5.74, 6) is 0.307. The van der Waals surface area contributed by atoms with Crippen molar-refractivity contribution in [3.63, 3.8) is 0 Å². The van der Waals surface area contributed by atoms with E-state index in [0.29, 0.717) is 44.9 Å². The fraction of sp³-hybridized carbons (Fsp3) is 0.115. The second-order valence-electron chi connectivity index (χ2n) is 7.13. The first-order chi connectivity index (χ1) is 16.0. The smallest absolute Gasteiger partial charge is 0.339 e. The molecule has 1 heterocycles. The van der Waals surface area contributed by atoms with Gasteiger partial charge in [0.05, 0.1) is 49.4 Å². The number of aromatic nitrogens is 1. The number of nitrogens with zero attached hydrogens (tertiary/aromatic N) is 1. The van der Waals surface area contributed by atoms with Crippen LogP contribution in [0.1, 0.15) is 20.7 Å². The molecule has 0 aliphatic rings. The molecule has 0 aliphatic heterocycles. The highest BCUT2D eigenvalue weighted by atomic mass is 16.5. The van der Waals surface area contributed by atoms with Crippen LogP contribution in [0.15, 0.2) is 72.8 Å². The number of esters is 1. The fourth-order valence-corrected chi connectivity index (χ4v) is 3.58. The summed E-state index contributed by atoms with van der Waals surface area (Å²) in [6.07, 6.45) is 0. The van der Waals surface area contributed by atoms with Crippen molar-refractivity contribution in [2.24, 2.45) is 0 Å². The lowest BCUT2D eigenvalue weighted by Gasteiger charge is -2.14. The minimum atomic E-state index is -0.533. The number of nitrogens with one attached hydrogen (secondary N) is 1. The molecule has 0 bridgehead atoms. The number of fused-ring (bicyclic) bond motifs is 1. The Hall–Kier alpha value is -4.39. The van der Waals surface area contributed by atoms with E-state index >= 15 is 0 Å². The molecule has 4 rings (SSSR count). The van der Waals surface area contributed by atoms with Crippen LogP contribution >= 0.6 is 0 Å². The van der Waals surface area contributed by atoms with Gasteiger partial charge in [0.2, 0.25) is 0 Å². The van der Waals surface area contributed by atoms with E-state index in [4.69, 9.17) is 19.2 Å². The third-order valence-electron chi connectivity index (χ3n) is 5.23. The van der Waals surface area contributed by atoms with E-state index in [1.165, 1.54) is 7.11 Å². The second kappa shape index (κ2) is 9.40. The predicted octanol–water partition coefficient (Wildman–Crippen LogP) is 4.96. The average Bonchev–Trinajstić information content (AvgIpc) is 2.87. The number of amides is 1. The molecule has 0 fully saturated rings. The Labute approximate surface area is 190 Å². The van der Waals surface area contributed by atoms with Gasteiger partial charge in [0.15, 0.2) is 0 Å². The third-order valence-corrected chi connectivity index (χ3v) is 5.23. The summed E-state index contributed by atoms with van der Waals surface area (Å²) in [7, 11) is 4.44. The van der Waals surface area contributed by atoms with Gasteiger partial charge in [-0.3, -0.25) is 4.79 Å². The van der Waals surface area contributed by atoms with Gasteiger partial charge < -0.3 is 19.5 Å². The largest absolute Gasteiger partial charge is 0.497 e. The van der Waals surface area contributed by atoms with Crippen LogP contribution in [0.25, 0.3) is 22.2 Å². The van der Waals surface area contributed by atoms with E-state index < -0.39 is 5.97 Å². The first-order valence-electron chi connectivity index (χ1n) is 10.2. The number of para-hydroxylation sites is 2. The van der Waals surface area contributed by atoms with Crippen LogP contribution in [0, 0.1) is 0 Å². The summed E-state index contributed by atoms with van der Waals surface area (Å²) >= 11 is 0. The first-order valence-corrected chi connectivity index (χ1v) is 10.2. The van der Waals surface area contributed by atoms with Crippen molar-refractivity contribution in [2.75, 3.05) is 26.6 Å². The van der Waals surface area contributed by atoms with E-state index in [2.05, 4.69) is 5.32 Å². The quantitative estimate of drug-likeness (QED) is 0.425. The molecule has 1 amide bonds. The van der Waals surface area contributed by atoms with Crippen molar-refractivity contribution < 1.29 is 23.8 Å². The number of carbonyl (C=O) groups excluding carboxylic acids is 2. The Balaban J connectivity index is 1.82. The van der Waals surface area contributed by atoms with Gasteiger partial charge in [-0.25, -0.2) is 9.78 Å². The highest BCUT2D eigenvalue weighted by molar-refractivity contribution is 6.14. The number of anilines is 1. The standard InChI is InChI=1S/C26H22N2O5/c1-31-16-12-13-18(24(14-16)32-2)23-15-20(17-8-4-6-10-21(17)27-23)25(29)28-22-11-7-5-9-19(22)26(30)33-3/h4-15H,1-3H3,(H,28,29). The molecular weight excluding hydrogens is 420 g/mol. The topological polar surface area (TPSA) is 86.8 Å². The zero-order chi connectivity index (χ0) is 23.4. The Bertz CT molecular complexity index is 1350. The molecule has 0 radical (unpaired) electrons. The number of benzene rings is 3. The normalized spacial score (nSPS) is 10.5. The van der Waals surface area contributed by atoms with E-state index in [-0.39, 0.29) is 11.5 Å². The molecule has 0 spiro atoms. The van der Waals surface area contributed by atoms with Crippen molar-refractivity contribution in [1.82, 2.24) is 4.98 Å². The molecule has 7 nitrogen and oxygen atoms in total. The van der Waals surface area contributed by atoms with Crippen LogP contribution in [-0.2, 0) is 4.74 Å². The maximum Gasteiger partial charge on any atom is 0.339 e. The molecule has 0 unspecified atom stereocenters. The summed E-state index contributed by atoms with van der Waals surface area (Å²) in [6, 6.07) is 21.2. The van der Waals surface area contributed by atoms with Gasteiger partial charge in [0.1, 0.15) is 11.5 Å². The molecule has 7 heteroatoms. The number of hydrogen-bond donors (Lipinski definition) is 1. The third kappa shape index (κ3) is 4.34. The molecule has 0 aliphatic carbocycles. The van der Waals surface area contributed by atoms with Crippen LogP contribution < -0.4 is 14.8 Å². The molecule has 3 aromatic carbocycles. The molecule has 1 N–H and O–H groups in total. The van der Waals surface area contributed by atoms with E-state index in [1.807, 2.05) is 30.3 Å². The lowest BCUT2D eigenvalue weighted by Crippen LogP contribution is -2.16. The molecule has 0 saturated heterocycles. The predicted molar refractivity (Wildman–Crippen MR) is 126 cm³/mol. The van der Waals surface area contributed by atoms with Crippen molar-refractivity contribution in [3.8, 4) is 22.8 Å². The van der Waals surface area contributed by atoms with Gasteiger partial charge in [-0.05, 0) is 36.4 Å². The van der Waals surface area contributed by atoms with Gasteiger partial charge in [0, 0.05) is 17.0 Å². The van der Waals surface area contributed by atoms with Crippen molar-refractivity contribution in [2.45, 2.75) is 0 Å². The maximum atomic E-state index is 13.4. The van der Waals surface area contributed by atoms with Crippen molar-refractivity contribution in [3.05, 3.63) is 83.9 Å². The molecule has 166 valence electrons. The summed E-state index contributed by atoms with van der Waals surface area (Å²) in [5, 5.41) is 3.52. The van der Waals surface area contributed by atoms with E-state index in [0.717, 1.165) is 0 Å². The Morgan fingerprint density at radius 3 is 2.33 bits per heavy atom. The van der Waals surface area contributed by atoms with Crippen LogP contribution in [0.4, 0.5) is 5.69 Å². The first kappa shape index (κ1) is 21.8. The zero-order valence-corrected chi connectivity index (χ0v) is 18.4. The zero-order valence-electron chi connectivity index (χ0n) is 18.4. The van der Waals surface area contributed by atoms with Crippen molar-refractivity contribution in [1.29, 1.82) is 0 Å². The molecular formula is C26H22N2O5. The minimum Gasteiger partial charge on any atom is -0.497 e. The van der Waals surface area contributed by atoms with Crippen LogP contribution in [-0.4, -0.2) is 38.2 Å². The summed E-state index contributed by atoms with van der Waals surface area (Å²) in [4.78, 5) is 30.3. The molecule has 4 aromatic rings. The van der Waals surface area contributed by atoms with Crippen LogP contribution in [0.3, 0.4) is 0 Å². The molecule has 33 heavy (non-hydrogen) atoms. The maximum absolute atomic E-state index is 13.4. The van der Waals surface area contributed by atoms with Gasteiger partial charge in [-0.2, -0.15) is 0 Å². The SMILES string of the molecule is COC(=O)c1ccccc1NC(=O)c1cc(-c2ccc(OC)cc2OC)nc2ccccc12. The number of hydrogen-bond acceptors (Lipinski definition) is 6. The van der Waals surface area contributed by atoms with Gasteiger partial charge in [-0.1, -0.05) is 30.3 Å². The van der Waals surface area contributed by atoms with Gasteiger partial charge >= 0.3 is 5.97 Å². The van der Waals surface area contributed by atoms with Gasteiger partial charge in [0.25, 0.3) is 5.91 Å². The Kier molecular flexibility index (Phi) is 6.22. The highest BCUT2D eigenvalue weighted by Crippen LogP contribution is 2.34. The molecule has 0 atom stereocenters. The summed E-state index contributed by atoms with van der Waals surface area (Å²) in [6.45, 7) is 0. The number of rotatable bonds is 6. The average molecular weight is 442 g/mol. The molecule has 1 aromatic heterocycles. The van der Waals surface area contributed by atoms with Crippen LogP contribution in [0.5, 0.6) is 11.5 Å². The van der Waals surface area contributed by atoms with Gasteiger partial charge in [-0.15, -0.1) is 0 Å². The summed E-state index contributed by atoms with van der Waals surface area (Å²) in [5.41, 5.74) is 2.97.